The van der Waals surface area contributed by atoms with E-state index in [2.05, 4.69) is 12.2 Å². The fourth-order valence-corrected chi connectivity index (χ4v) is 3.54. The molecule has 0 heterocycles. The summed E-state index contributed by atoms with van der Waals surface area (Å²) in [5.74, 6) is 1.52. The largest absolute Gasteiger partial charge is 0.317 e. The summed E-state index contributed by atoms with van der Waals surface area (Å²) < 4.78 is 0. The monoisotopic (exact) mass is 299 g/mol. The zero-order valence-electron chi connectivity index (χ0n) is 11.6. The van der Waals surface area contributed by atoms with E-state index >= 15 is 0 Å². The average Bonchev–Trinajstić information content (AvgIpc) is 2.92. The Hall–Kier alpha value is -0.240. The van der Waals surface area contributed by atoms with Gasteiger partial charge < -0.3 is 5.32 Å². The second-order valence-corrected chi connectivity index (χ2v) is 6.40. The van der Waals surface area contributed by atoms with Crippen LogP contribution in [0.2, 0.25) is 10.0 Å². The molecule has 1 fully saturated rings. The molecule has 0 radical (unpaired) electrons. The lowest BCUT2D eigenvalue weighted by molar-refractivity contribution is 0.323. The van der Waals surface area contributed by atoms with E-state index in [0.29, 0.717) is 5.92 Å². The summed E-state index contributed by atoms with van der Waals surface area (Å²) in [6, 6.07) is 5.80. The van der Waals surface area contributed by atoms with E-state index < -0.39 is 0 Å². The first-order valence-corrected chi connectivity index (χ1v) is 8.11. The van der Waals surface area contributed by atoms with Crippen LogP contribution >= 0.6 is 23.2 Å². The summed E-state index contributed by atoms with van der Waals surface area (Å²) in [5, 5.41) is 5.14. The Morgan fingerprint density at radius 2 is 2.00 bits per heavy atom. The third kappa shape index (κ3) is 4.37. The highest BCUT2D eigenvalue weighted by molar-refractivity contribution is 6.33. The normalized spacial score (nSPS) is 17.8. The minimum absolute atomic E-state index is 0.679. The molecular formula is C16H23Cl2N. The number of nitrogens with one attached hydrogen (secondary N) is 1. The van der Waals surface area contributed by atoms with Crippen molar-refractivity contribution in [1.82, 2.24) is 5.32 Å². The Morgan fingerprint density at radius 1 is 1.26 bits per heavy atom. The van der Waals surface area contributed by atoms with Crippen LogP contribution in [0.15, 0.2) is 18.2 Å². The van der Waals surface area contributed by atoms with Crippen molar-refractivity contribution in [2.75, 3.05) is 13.1 Å². The molecule has 19 heavy (non-hydrogen) atoms. The summed E-state index contributed by atoms with van der Waals surface area (Å²) in [5.41, 5.74) is 1.20. The summed E-state index contributed by atoms with van der Waals surface area (Å²) in [6.45, 7) is 4.29. The van der Waals surface area contributed by atoms with E-state index in [4.69, 9.17) is 23.2 Å². The summed E-state index contributed by atoms with van der Waals surface area (Å²) in [4.78, 5) is 0. The molecule has 0 aromatic heterocycles. The first-order chi connectivity index (χ1) is 9.20. The minimum atomic E-state index is 0.679. The SMILES string of the molecule is CCNCC(Cc1cc(Cl)ccc1Cl)C1CCCC1. The quantitative estimate of drug-likeness (QED) is 0.783. The number of rotatable bonds is 6. The van der Waals surface area contributed by atoms with Crippen LogP contribution < -0.4 is 5.32 Å². The van der Waals surface area contributed by atoms with Crippen LogP contribution in [0.4, 0.5) is 0 Å². The molecule has 1 nitrogen and oxygen atoms in total. The van der Waals surface area contributed by atoms with E-state index in [-0.39, 0.29) is 0 Å². The van der Waals surface area contributed by atoms with Crippen molar-refractivity contribution in [3.63, 3.8) is 0 Å². The molecular weight excluding hydrogens is 277 g/mol. The van der Waals surface area contributed by atoms with Crippen LogP contribution in [-0.2, 0) is 6.42 Å². The topological polar surface area (TPSA) is 12.0 Å². The first kappa shape index (κ1) is 15.2. The van der Waals surface area contributed by atoms with Crippen LogP contribution in [0.1, 0.15) is 38.2 Å². The molecule has 3 heteroatoms. The minimum Gasteiger partial charge on any atom is -0.317 e. The van der Waals surface area contributed by atoms with Crippen molar-refractivity contribution in [3.8, 4) is 0 Å². The number of benzene rings is 1. The van der Waals surface area contributed by atoms with Crippen molar-refractivity contribution in [1.29, 1.82) is 0 Å². The van der Waals surface area contributed by atoms with Gasteiger partial charge in [0.1, 0.15) is 0 Å². The summed E-state index contributed by atoms with van der Waals surface area (Å²) >= 11 is 12.4. The highest BCUT2D eigenvalue weighted by atomic mass is 35.5. The Kier molecular flexibility index (Phi) is 6.00. The zero-order valence-corrected chi connectivity index (χ0v) is 13.1. The third-order valence-electron chi connectivity index (χ3n) is 4.21. The van der Waals surface area contributed by atoms with Gasteiger partial charge in [0.25, 0.3) is 0 Å². The van der Waals surface area contributed by atoms with Gasteiger partial charge in [-0.05, 0) is 55.1 Å². The molecule has 0 saturated heterocycles. The van der Waals surface area contributed by atoms with Gasteiger partial charge in [0.2, 0.25) is 0 Å². The lowest BCUT2D eigenvalue weighted by Crippen LogP contribution is -2.29. The molecule has 1 N–H and O–H groups in total. The van der Waals surface area contributed by atoms with Gasteiger partial charge in [-0.2, -0.15) is 0 Å². The predicted octanol–water partition coefficient (Wildman–Crippen LogP) is 4.95. The molecule has 1 aromatic carbocycles. The van der Waals surface area contributed by atoms with Crippen LogP contribution in [0, 0.1) is 11.8 Å². The van der Waals surface area contributed by atoms with E-state index in [1.54, 1.807) is 0 Å². The Balaban J connectivity index is 2.07. The molecule has 1 aliphatic rings. The molecule has 1 saturated carbocycles. The maximum atomic E-state index is 6.30. The van der Waals surface area contributed by atoms with E-state index in [1.807, 2.05) is 18.2 Å². The Bertz CT molecular complexity index is 400. The van der Waals surface area contributed by atoms with Crippen LogP contribution in [0.25, 0.3) is 0 Å². The van der Waals surface area contributed by atoms with Crippen molar-refractivity contribution in [2.24, 2.45) is 11.8 Å². The highest BCUT2D eigenvalue weighted by Crippen LogP contribution is 2.34. The average molecular weight is 300 g/mol. The lowest BCUT2D eigenvalue weighted by atomic mass is 9.85. The van der Waals surface area contributed by atoms with Gasteiger partial charge in [-0.1, -0.05) is 55.8 Å². The first-order valence-electron chi connectivity index (χ1n) is 7.35. The van der Waals surface area contributed by atoms with Gasteiger partial charge in [-0.25, -0.2) is 0 Å². The predicted molar refractivity (Wildman–Crippen MR) is 84.2 cm³/mol. The molecule has 0 aliphatic heterocycles. The van der Waals surface area contributed by atoms with Crippen LogP contribution in [-0.4, -0.2) is 13.1 Å². The molecule has 2 rings (SSSR count). The molecule has 106 valence electrons. The van der Waals surface area contributed by atoms with Gasteiger partial charge in [0, 0.05) is 10.0 Å². The zero-order chi connectivity index (χ0) is 13.7. The molecule has 1 aliphatic carbocycles. The summed E-state index contributed by atoms with van der Waals surface area (Å²) in [7, 11) is 0. The smallest absolute Gasteiger partial charge is 0.0439 e. The van der Waals surface area contributed by atoms with Gasteiger partial charge in [-0.3, -0.25) is 0 Å². The fourth-order valence-electron chi connectivity index (χ4n) is 3.15. The Labute approximate surface area is 126 Å². The second-order valence-electron chi connectivity index (χ2n) is 5.55. The van der Waals surface area contributed by atoms with E-state index in [9.17, 15) is 0 Å². The molecule has 1 atom stereocenters. The number of hydrogen-bond donors (Lipinski definition) is 1. The Morgan fingerprint density at radius 3 is 2.68 bits per heavy atom. The lowest BCUT2D eigenvalue weighted by Gasteiger charge is -2.24. The van der Waals surface area contributed by atoms with Gasteiger partial charge >= 0.3 is 0 Å². The highest BCUT2D eigenvalue weighted by Gasteiger charge is 2.25. The fraction of sp³-hybridized carbons (Fsp3) is 0.625. The molecule has 0 bridgehead atoms. The number of hydrogen-bond acceptors (Lipinski definition) is 1. The second kappa shape index (κ2) is 7.52. The summed E-state index contributed by atoms with van der Waals surface area (Å²) in [6.07, 6.45) is 6.55. The molecule has 0 amide bonds. The van der Waals surface area contributed by atoms with Crippen LogP contribution in [0.3, 0.4) is 0 Å². The van der Waals surface area contributed by atoms with Gasteiger partial charge in [-0.15, -0.1) is 0 Å². The number of halogens is 2. The van der Waals surface area contributed by atoms with E-state index in [0.717, 1.165) is 35.5 Å². The van der Waals surface area contributed by atoms with E-state index in [1.165, 1.54) is 31.2 Å². The van der Waals surface area contributed by atoms with Gasteiger partial charge in [0.05, 0.1) is 0 Å². The molecule has 0 spiro atoms. The molecule has 1 aromatic rings. The van der Waals surface area contributed by atoms with Gasteiger partial charge in [0.15, 0.2) is 0 Å². The van der Waals surface area contributed by atoms with Crippen molar-refractivity contribution < 1.29 is 0 Å². The maximum absolute atomic E-state index is 6.30. The van der Waals surface area contributed by atoms with Crippen LogP contribution in [0.5, 0.6) is 0 Å². The maximum Gasteiger partial charge on any atom is 0.0439 e. The molecule has 1 unspecified atom stereocenters. The standard InChI is InChI=1S/C16H23Cl2N/c1-2-19-11-14(12-5-3-4-6-12)9-13-10-15(17)7-8-16(13)18/h7-8,10,12,14,19H,2-6,9,11H2,1H3. The van der Waals surface area contributed by atoms with Crippen molar-refractivity contribution >= 4 is 23.2 Å². The van der Waals surface area contributed by atoms with Crippen molar-refractivity contribution in [2.45, 2.75) is 39.0 Å². The third-order valence-corrected chi connectivity index (χ3v) is 4.82. The van der Waals surface area contributed by atoms with Crippen molar-refractivity contribution in [3.05, 3.63) is 33.8 Å².